The van der Waals surface area contributed by atoms with Crippen molar-refractivity contribution in [1.82, 2.24) is 15.1 Å². The van der Waals surface area contributed by atoms with Gasteiger partial charge in [0.1, 0.15) is 18.2 Å². The van der Waals surface area contributed by atoms with Crippen molar-refractivity contribution in [2.75, 3.05) is 46.9 Å². The van der Waals surface area contributed by atoms with Crippen LogP contribution in [0.2, 0.25) is 0 Å². The van der Waals surface area contributed by atoms with Crippen LogP contribution in [0.3, 0.4) is 0 Å². The summed E-state index contributed by atoms with van der Waals surface area (Å²) in [7, 11) is 3.35. The Kier molecular flexibility index (Phi) is 10.7. The van der Waals surface area contributed by atoms with Gasteiger partial charge >= 0.3 is 0 Å². The van der Waals surface area contributed by atoms with Gasteiger partial charge in [-0.3, -0.25) is 4.79 Å². The monoisotopic (exact) mass is 510 g/mol. The zero-order chi connectivity index (χ0) is 19.8. The summed E-state index contributed by atoms with van der Waals surface area (Å²) in [5.74, 6) is -0.634. The summed E-state index contributed by atoms with van der Waals surface area (Å²) in [5.41, 5.74) is 1.16. The molecule has 0 bridgehead atoms. The first-order chi connectivity index (χ1) is 12.9. The predicted octanol–water partition coefficient (Wildman–Crippen LogP) is 2.40. The second kappa shape index (κ2) is 12.2. The highest BCUT2D eigenvalue weighted by Gasteiger charge is 2.23. The number of hydrogen-bond acceptors (Lipinski definition) is 3. The van der Waals surface area contributed by atoms with Crippen LogP contribution >= 0.6 is 24.0 Å². The summed E-state index contributed by atoms with van der Waals surface area (Å²) in [6.07, 6.45) is 1.25. The van der Waals surface area contributed by atoms with Crippen molar-refractivity contribution in [1.29, 1.82) is 0 Å². The molecule has 1 amide bonds. The van der Waals surface area contributed by atoms with Gasteiger partial charge in [-0.25, -0.2) is 13.8 Å². The van der Waals surface area contributed by atoms with Crippen molar-refractivity contribution in [2.45, 2.75) is 26.3 Å². The minimum absolute atomic E-state index is 0. The molecule has 0 unspecified atom stereocenters. The molecule has 1 aliphatic rings. The number of fused-ring (bicyclic) bond motifs is 1. The largest absolute Gasteiger partial charge is 0.382 e. The lowest BCUT2D eigenvalue weighted by Crippen LogP contribution is -2.45. The highest BCUT2D eigenvalue weighted by Crippen LogP contribution is 2.23. The van der Waals surface area contributed by atoms with Crippen LogP contribution in [-0.4, -0.2) is 68.6 Å². The second-order valence-corrected chi connectivity index (χ2v) is 6.60. The summed E-state index contributed by atoms with van der Waals surface area (Å²) in [5, 5.41) is 3.24. The number of carbonyl (C=O) groups is 1. The number of halogens is 3. The molecule has 9 heteroatoms. The number of hydrogen-bond donors (Lipinski definition) is 1. The van der Waals surface area contributed by atoms with E-state index < -0.39 is 11.6 Å². The van der Waals surface area contributed by atoms with Crippen LogP contribution in [-0.2, 0) is 22.5 Å². The van der Waals surface area contributed by atoms with Gasteiger partial charge in [0.25, 0.3) is 0 Å². The number of likely N-dealkylation sites (N-methyl/N-ethyl adjacent to an activating group) is 1. The van der Waals surface area contributed by atoms with Crippen LogP contribution in [0, 0.1) is 11.6 Å². The number of nitrogens with zero attached hydrogens (tertiary/aromatic N) is 3. The van der Waals surface area contributed by atoms with Crippen LogP contribution < -0.4 is 5.32 Å². The zero-order valence-electron chi connectivity index (χ0n) is 16.6. The maximum atomic E-state index is 14.0. The summed E-state index contributed by atoms with van der Waals surface area (Å²) in [6, 6.07) is 2.29. The Hall–Kier alpha value is -1.49. The molecule has 1 heterocycles. The quantitative estimate of drug-likeness (QED) is 0.265. The van der Waals surface area contributed by atoms with Gasteiger partial charge in [-0.05, 0) is 37.0 Å². The van der Waals surface area contributed by atoms with Gasteiger partial charge in [-0.2, -0.15) is 0 Å². The maximum Gasteiger partial charge on any atom is 0.243 e. The van der Waals surface area contributed by atoms with E-state index in [0.29, 0.717) is 56.4 Å². The van der Waals surface area contributed by atoms with Gasteiger partial charge < -0.3 is 19.9 Å². The minimum Gasteiger partial charge on any atom is -0.382 e. The molecule has 28 heavy (non-hydrogen) atoms. The van der Waals surface area contributed by atoms with E-state index >= 15 is 0 Å². The average molecular weight is 510 g/mol. The van der Waals surface area contributed by atoms with Crippen LogP contribution in [0.4, 0.5) is 8.78 Å². The summed E-state index contributed by atoms with van der Waals surface area (Å²) in [4.78, 5) is 19.7. The van der Waals surface area contributed by atoms with Crippen molar-refractivity contribution < 1.29 is 18.3 Å². The van der Waals surface area contributed by atoms with Crippen LogP contribution in [0.1, 0.15) is 24.5 Å². The molecule has 158 valence electrons. The van der Waals surface area contributed by atoms with Crippen molar-refractivity contribution in [3.8, 4) is 0 Å². The Morgan fingerprint density at radius 3 is 2.79 bits per heavy atom. The van der Waals surface area contributed by atoms with E-state index in [0.717, 1.165) is 12.5 Å². The Morgan fingerprint density at radius 1 is 1.36 bits per heavy atom. The van der Waals surface area contributed by atoms with Crippen molar-refractivity contribution in [3.05, 3.63) is 34.9 Å². The van der Waals surface area contributed by atoms with Gasteiger partial charge in [0, 0.05) is 53.0 Å². The molecule has 0 saturated heterocycles. The SMILES string of the molecule is CCOCCCNC(=NCC(=O)N(C)C)N1CCc2c(F)cc(F)cc2C1.I. The molecule has 6 nitrogen and oxygen atoms in total. The van der Waals surface area contributed by atoms with Gasteiger partial charge in [0.05, 0.1) is 0 Å². The Morgan fingerprint density at radius 2 is 2.11 bits per heavy atom. The van der Waals surface area contributed by atoms with E-state index in [-0.39, 0.29) is 36.4 Å². The van der Waals surface area contributed by atoms with Crippen LogP contribution in [0.5, 0.6) is 0 Å². The van der Waals surface area contributed by atoms with E-state index in [1.807, 2.05) is 11.8 Å². The topological polar surface area (TPSA) is 57.2 Å². The van der Waals surface area contributed by atoms with Gasteiger partial charge in [0.2, 0.25) is 5.91 Å². The molecule has 1 aromatic rings. The molecule has 0 spiro atoms. The lowest BCUT2D eigenvalue weighted by Gasteiger charge is -2.32. The van der Waals surface area contributed by atoms with Gasteiger partial charge in [0.15, 0.2) is 5.96 Å². The predicted molar refractivity (Wildman–Crippen MR) is 116 cm³/mol. The van der Waals surface area contributed by atoms with Gasteiger partial charge in [-0.1, -0.05) is 0 Å². The first-order valence-corrected chi connectivity index (χ1v) is 9.20. The summed E-state index contributed by atoms with van der Waals surface area (Å²) < 4.78 is 32.9. The lowest BCUT2D eigenvalue weighted by atomic mass is 9.99. The molecule has 0 fully saturated rings. The number of rotatable bonds is 7. The smallest absolute Gasteiger partial charge is 0.243 e. The van der Waals surface area contributed by atoms with Crippen LogP contribution in [0.15, 0.2) is 17.1 Å². The Labute approximate surface area is 182 Å². The molecule has 1 aromatic carbocycles. The molecule has 1 aliphatic heterocycles. The third-order valence-electron chi connectivity index (χ3n) is 4.36. The Bertz CT molecular complexity index is 686. The fourth-order valence-corrected chi connectivity index (χ4v) is 2.86. The molecule has 0 aliphatic carbocycles. The van der Waals surface area contributed by atoms with E-state index in [9.17, 15) is 13.6 Å². The number of ether oxygens (including phenoxy) is 1. The van der Waals surface area contributed by atoms with E-state index in [1.165, 1.54) is 11.0 Å². The van der Waals surface area contributed by atoms with Crippen LogP contribution in [0.25, 0.3) is 0 Å². The van der Waals surface area contributed by atoms with Crippen molar-refractivity contribution >= 4 is 35.8 Å². The summed E-state index contributed by atoms with van der Waals surface area (Å²) in [6.45, 7) is 4.78. The first-order valence-electron chi connectivity index (χ1n) is 9.20. The fourth-order valence-electron chi connectivity index (χ4n) is 2.86. The molecule has 1 N–H and O–H groups in total. The minimum atomic E-state index is -0.584. The summed E-state index contributed by atoms with van der Waals surface area (Å²) >= 11 is 0. The molecule has 0 aromatic heterocycles. The number of amides is 1. The molecule has 0 radical (unpaired) electrons. The normalized spacial score (nSPS) is 13.6. The zero-order valence-corrected chi connectivity index (χ0v) is 19.0. The van der Waals surface area contributed by atoms with Crippen molar-refractivity contribution in [2.24, 2.45) is 4.99 Å². The molecular weight excluding hydrogens is 481 g/mol. The molecule has 0 atom stereocenters. The van der Waals surface area contributed by atoms with E-state index in [1.54, 1.807) is 14.1 Å². The number of nitrogens with one attached hydrogen (secondary N) is 1. The third-order valence-corrected chi connectivity index (χ3v) is 4.36. The number of benzene rings is 1. The molecular formula is C19H29F2IN4O2. The second-order valence-electron chi connectivity index (χ2n) is 6.60. The average Bonchev–Trinajstić information content (AvgIpc) is 2.62. The van der Waals surface area contributed by atoms with Crippen molar-refractivity contribution in [3.63, 3.8) is 0 Å². The standard InChI is InChI=1S/C19H28F2N4O2.HI/c1-4-27-9-5-7-22-19(23-12-18(26)24(2)3)25-8-6-16-14(13-25)10-15(20)11-17(16)21;/h10-11H,4-9,12-13H2,1-3H3,(H,22,23);1H. The van der Waals surface area contributed by atoms with Gasteiger partial charge in [-0.15, -0.1) is 24.0 Å². The lowest BCUT2D eigenvalue weighted by molar-refractivity contribution is -0.127. The number of carbonyl (C=O) groups excluding carboxylic acids is 1. The van der Waals surface area contributed by atoms with E-state index in [4.69, 9.17) is 4.74 Å². The Balaban J connectivity index is 0.00000392. The molecule has 2 rings (SSSR count). The number of aliphatic imine (C=N–C) groups is 1. The fraction of sp³-hybridized carbons (Fsp3) is 0.579. The van der Waals surface area contributed by atoms with E-state index in [2.05, 4.69) is 10.3 Å². The molecule has 0 saturated carbocycles. The third kappa shape index (κ3) is 7.16. The first kappa shape index (κ1) is 24.5. The number of guanidine groups is 1. The highest BCUT2D eigenvalue weighted by molar-refractivity contribution is 14.0. The maximum absolute atomic E-state index is 14.0. The highest BCUT2D eigenvalue weighted by atomic mass is 127.